The second-order valence-electron chi connectivity index (χ2n) is 14.4. The van der Waals surface area contributed by atoms with Crippen molar-refractivity contribution >= 4 is 23.5 Å². The highest BCUT2D eigenvalue weighted by Crippen LogP contribution is 2.37. The Hall–Kier alpha value is -5.23. The number of piperidine rings is 1. The number of hydrogen-bond donors (Lipinski definition) is 4. The summed E-state index contributed by atoms with van der Waals surface area (Å²) < 4.78 is 23.5. The van der Waals surface area contributed by atoms with Crippen molar-refractivity contribution in [2.75, 3.05) is 40.0 Å². The topological polar surface area (TPSA) is 184 Å². The van der Waals surface area contributed by atoms with E-state index in [4.69, 9.17) is 30.5 Å². The Bertz CT molecular complexity index is 2100. The van der Waals surface area contributed by atoms with E-state index < -0.39 is 29.7 Å². The molecule has 14 heteroatoms. The molecule has 3 aromatic carbocycles. The van der Waals surface area contributed by atoms with Gasteiger partial charge in [-0.2, -0.15) is 5.26 Å². The third-order valence-corrected chi connectivity index (χ3v) is 10.7. The molecule has 1 saturated heterocycles. The van der Waals surface area contributed by atoms with Gasteiger partial charge < -0.3 is 39.2 Å². The molecule has 0 aliphatic carbocycles. The third kappa shape index (κ3) is 10.6. The first-order valence-electron chi connectivity index (χ1n) is 18.7. The molecule has 2 heterocycles. The Morgan fingerprint density at radius 1 is 0.965 bits per heavy atom. The fourth-order valence-corrected chi connectivity index (χ4v) is 6.84. The molecule has 0 bridgehead atoms. The minimum Gasteiger partial charge on any atom is -0.493 e. The molecule has 1 fully saturated rings. The lowest BCUT2D eigenvalue weighted by molar-refractivity contribution is -0.167. The van der Waals surface area contributed by atoms with E-state index in [9.17, 15) is 30.2 Å². The van der Waals surface area contributed by atoms with E-state index in [0.29, 0.717) is 60.7 Å². The number of ether oxygens (including phenoxy) is 4. The zero-order chi connectivity index (χ0) is 41.2. The maximum atomic E-state index is 11.9. The molecule has 5 rings (SSSR count). The average molecular weight is 801 g/mol. The van der Waals surface area contributed by atoms with Crippen LogP contribution in [0.1, 0.15) is 59.6 Å². The van der Waals surface area contributed by atoms with Gasteiger partial charge in [-0.1, -0.05) is 41.9 Å². The zero-order valence-electron chi connectivity index (χ0n) is 32.6. The second-order valence-corrected chi connectivity index (χ2v) is 14.8. The predicted molar refractivity (Wildman–Crippen MR) is 213 cm³/mol. The quantitative estimate of drug-likeness (QED) is 0.0707. The Morgan fingerprint density at radius 2 is 1.67 bits per heavy atom. The van der Waals surface area contributed by atoms with Crippen molar-refractivity contribution in [3.63, 3.8) is 0 Å². The number of carbonyl (C=O) groups excluding carboxylic acids is 1. The van der Waals surface area contributed by atoms with Gasteiger partial charge in [0, 0.05) is 55.8 Å². The SMILES string of the molecule is COC(=O)C1(O)CCN(CCCOc2cccc(-c3cccc(COc4cc(OCc5cncc(C#N)c5)c(CNC(C)(CO)C(=O)O)cc4Cl)c3C)c2C)CC1. The number of hydrogen-bond acceptors (Lipinski definition) is 12. The summed E-state index contributed by atoms with van der Waals surface area (Å²) in [4.78, 5) is 30.1. The number of halogens is 1. The van der Waals surface area contributed by atoms with Gasteiger partial charge >= 0.3 is 11.9 Å². The van der Waals surface area contributed by atoms with Crippen molar-refractivity contribution < 1.29 is 43.9 Å². The van der Waals surface area contributed by atoms with E-state index in [2.05, 4.69) is 33.4 Å². The Morgan fingerprint density at radius 3 is 2.35 bits per heavy atom. The van der Waals surface area contributed by atoms with Crippen molar-refractivity contribution in [3.8, 4) is 34.4 Å². The zero-order valence-corrected chi connectivity index (χ0v) is 33.4. The smallest absolute Gasteiger partial charge is 0.337 e. The summed E-state index contributed by atoms with van der Waals surface area (Å²) in [6.45, 7) is 7.61. The standard InChI is InChI=1S/C43H49ClN4O9/c1-28-32(8-5-9-34(28)35-10-6-11-37(29(35)2)55-17-7-14-48-15-12-43(53,13-16-48)41(52)54-4)26-57-39-20-38(56-25-31-18-30(21-45)22-46-23-31)33(19-36(39)44)24-47-42(3,27-49)40(50)51/h5-6,8-11,18-20,22-23,47,49,53H,7,12-17,24-27H2,1-4H3,(H,50,51). The van der Waals surface area contributed by atoms with Crippen molar-refractivity contribution in [1.82, 2.24) is 15.2 Å². The van der Waals surface area contributed by atoms with E-state index in [-0.39, 0.29) is 24.8 Å². The van der Waals surface area contributed by atoms with Gasteiger partial charge in [-0.15, -0.1) is 0 Å². The molecule has 0 radical (unpaired) electrons. The summed E-state index contributed by atoms with van der Waals surface area (Å²) in [5, 5.41) is 42.4. The van der Waals surface area contributed by atoms with E-state index in [1.165, 1.54) is 20.2 Å². The summed E-state index contributed by atoms with van der Waals surface area (Å²) in [6.07, 6.45) is 4.52. The van der Waals surface area contributed by atoms with E-state index in [1.807, 2.05) is 38.1 Å². The lowest BCUT2D eigenvalue weighted by Gasteiger charge is -2.36. The van der Waals surface area contributed by atoms with Crippen LogP contribution in [-0.4, -0.2) is 88.2 Å². The maximum Gasteiger partial charge on any atom is 0.337 e. The lowest BCUT2D eigenvalue weighted by atomic mass is 9.91. The summed E-state index contributed by atoms with van der Waals surface area (Å²) >= 11 is 6.74. The molecule has 0 saturated carbocycles. The molecular formula is C43H49ClN4O9. The van der Waals surface area contributed by atoms with Crippen LogP contribution < -0.4 is 19.5 Å². The molecule has 302 valence electrons. The molecule has 0 amide bonds. The minimum absolute atomic E-state index is 0.0145. The van der Waals surface area contributed by atoms with E-state index >= 15 is 0 Å². The number of benzene rings is 3. The average Bonchev–Trinajstić information content (AvgIpc) is 3.22. The number of likely N-dealkylation sites (tertiary alicyclic amines) is 1. The van der Waals surface area contributed by atoms with Crippen molar-refractivity contribution in [2.45, 2.75) is 70.9 Å². The largest absolute Gasteiger partial charge is 0.493 e. The van der Waals surface area contributed by atoms with Crippen LogP contribution in [0.2, 0.25) is 5.02 Å². The molecule has 1 aromatic heterocycles. The number of carboxylic acid groups (broad SMARTS) is 1. The Labute approximate surface area is 337 Å². The summed E-state index contributed by atoms with van der Waals surface area (Å²) in [6, 6.07) is 19.0. The van der Waals surface area contributed by atoms with Gasteiger partial charge in [0.1, 0.15) is 42.1 Å². The number of nitrogens with zero attached hydrogens (tertiary/aromatic N) is 3. The number of carboxylic acids is 1. The van der Waals surface area contributed by atoms with Gasteiger partial charge in [0.25, 0.3) is 0 Å². The number of nitriles is 1. The van der Waals surface area contributed by atoms with Crippen LogP contribution in [-0.2, 0) is 34.1 Å². The fraction of sp³-hybridized carbons (Fsp3) is 0.395. The molecular weight excluding hydrogens is 752 g/mol. The molecule has 4 N–H and O–H groups in total. The minimum atomic E-state index is -1.60. The number of methoxy groups -OCH3 is 1. The number of aliphatic hydroxyl groups excluding tert-OH is 1. The fourth-order valence-electron chi connectivity index (χ4n) is 6.60. The van der Waals surface area contributed by atoms with Crippen LogP contribution in [0.5, 0.6) is 17.2 Å². The second kappa shape index (κ2) is 19.3. The van der Waals surface area contributed by atoms with E-state index in [1.54, 1.807) is 24.4 Å². The molecule has 13 nitrogen and oxygen atoms in total. The van der Waals surface area contributed by atoms with Crippen LogP contribution in [0, 0.1) is 25.2 Å². The third-order valence-electron chi connectivity index (χ3n) is 10.4. The Kier molecular flexibility index (Phi) is 14.5. The molecule has 1 unspecified atom stereocenters. The lowest BCUT2D eigenvalue weighted by Crippen LogP contribution is -2.52. The number of aliphatic carboxylic acids is 1. The van der Waals surface area contributed by atoms with Crippen LogP contribution in [0.3, 0.4) is 0 Å². The summed E-state index contributed by atoms with van der Waals surface area (Å²) in [5.74, 6) is -0.275. The molecule has 4 aromatic rings. The summed E-state index contributed by atoms with van der Waals surface area (Å²) in [7, 11) is 1.29. The van der Waals surface area contributed by atoms with Gasteiger partial charge in [-0.05, 0) is 86.1 Å². The van der Waals surface area contributed by atoms with Crippen LogP contribution in [0.15, 0.2) is 67.0 Å². The van der Waals surface area contributed by atoms with Crippen molar-refractivity contribution in [1.29, 1.82) is 5.26 Å². The van der Waals surface area contributed by atoms with Crippen LogP contribution in [0.4, 0.5) is 0 Å². The molecule has 1 aliphatic rings. The first-order chi connectivity index (χ1) is 27.3. The number of carbonyl (C=O) groups is 2. The molecule has 57 heavy (non-hydrogen) atoms. The van der Waals surface area contributed by atoms with Gasteiger partial charge in [-0.3, -0.25) is 15.1 Å². The number of aromatic nitrogens is 1. The van der Waals surface area contributed by atoms with Gasteiger partial charge in [0.2, 0.25) is 0 Å². The monoisotopic (exact) mass is 800 g/mol. The highest BCUT2D eigenvalue weighted by Gasteiger charge is 2.40. The first kappa shape index (κ1) is 42.9. The van der Waals surface area contributed by atoms with E-state index in [0.717, 1.165) is 46.5 Å². The van der Waals surface area contributed by atoms with Crippen LogP contribution >= 0.6 is 11.6 Å². The molecule has 0 spiro atoms. The van der Waals surface area contributed by atoms with Gasteiger partial charge in [-0.25, -0.2) is 4.79 Å². The number of nitrogens with one attached hydrogen (secondary N) is 1. The Balaban J connectivity index is 1.27. The molecule has 1 aliphatic heterocycles. The highest BCUT2D eigenvalue weighted by molar-refractivity contribution is 6.32. The van der Waals surface area contributed by atoms with Gasteiger partial charge in [0.05, 0.1) is 30.9 Å². The molecule has 1 atom stereocenters. The van der Waals surface area contributed by atoms with Gasteiger partial charge in [0.15, 0.2) is 5.60 Å². The van der Waals surface area contributed by atoms with Crippen molar-refractivity contribution in [2.24, 2.45) is 0 Å². The normalized spacial score (nSPS) is 14.9. The number of aliphatic hydroxyl groups is 2. The maximum absolute atomic E-state index is 11.9. The summed E-state index contributed by atoms with van der Waals surface area (Å²) in [5.41, 5.74) is 3.58. The van der Waals surface area contributed by atoms with Crippen molar-refractivity contribution in [3.05, 3.63) is 105 Å². The number of rotatable bonds is 18. The van der Waals surface area contributed by atoms with Crippen LogP contribution in [0.25, 0.3) is 11.1 Å². The predicted octanol–water partition coefficient (Wildman–Crippen LogP) is 5.74. The number of pyridine rings is 1. The highest BCUT2D eigenvalue weighted by atomic mass is 35.5. The number of esters is 1. The first-order valence-corrected chi connectivity index (χ1v) is 19.0.